The Kier molecular flexibility index (Phi) is 5.47. The molecule has 0 bridgehead atoms. The Morgan fingerprint density at radius 3 is 3.00 bits per heavy atom. The van der Waals surface area contributed by atoms with Crippen LogP contribution in [0, 0.1) is 4.91 Å². The van der Waals surface area contributed by atoms with E-state index in [1.165, 1.54) is 25.4 Å². The van der Waals surface area contributed by atoms with Gasteiger partial charge in [0.1, 0.15) is 0 Å². The number of hydrogen-bond acceptors (Lipinski definition) is 6. The summed E-state index contributed by atoms with van der Waals surface area (Å²) in [7, 11) is 0. The molecule has 0 unspecified atom stereocenters. The van der Waals surface area contributed by atoms with E-state index in [9.17, 15) is 14.5 Å². The highest BCUT2D eigenvalue weighted by Gasteiger charge is 2.08. The molecule has 1 heterocycles. The van der Waals surface area contributed by atoms with Gasteiger partial charge in [0.25, 0.3) is 0 Å². The van der Waals surface area contributed by atoms with Gasteiger partial charge in [-0.2, -0.15) is 0 Å². The van der Waals surface area contributed by atoms with Crippen LogP contribution < -0.4 is 0 Å². The Hall–Kier alpha value is -2.31. The Bertz CT molecular complexity index is 495. The van der Waals surface area contributed by atoms with Crippen LogP contribution in [-0.4, -0.2) is 35.0 Å². The maximum Gasteiger partial charge on any atom is 0.304 e. The molecule has 0 aliphatic heterocycles. The number of carbonyl (C=O) groups is 2. The molecule has 0 saturated heterocycles. The van der Waals surface area contributed by atoms with Crippen molar-refractivity contribution in [2.24, 2.45) is 5.29 Å². The van der Waals surface area contributed by atoms with Gasteiger partial charge in [-0.3, -0.25) is 14.6 Å². The standard InChI is InChI=1S/C12H15N3O4/c1-10(16)19-9-15(14-18)7-3-5-12(17)11-4-2-6-13-8-11/h2,4,6,8H,3,5,7,9H2,1H3/i2T. The van der Waals surface area contributed by atoms with Crippen molar-refractivity contribution in [1.82, 2.24) is 9.99 Å². The van der Waals surface area contributed by atoms with E-state index in [0.29, 0.717) is 12.0 Å². The summed E-state index contributed by atoms with van der Waals surface area (Å²) in [5, 5.41) is 3.72. The van der Waals surface area contributed by atoms with Crippen LogP contribution in [0.4, 0.5) is 0 Å². The van der Waals surface area contributed by atoms with Gasteiger partial charge in [-0.25, -0.2) is 5.01 Å². The molecule has 19 heavy (non-hydrogen) atoms. The Morgan fingerprint density at radius 1 is 1.58 bits per heavy atom. The van der Waals surface area contributed by atoms with E-state index in [1.54, 1.807) is 0 Å². The highest BCUT2D eigenvalue weighted by atomic mass is 16.5. The number of hydrogen-bond donors (Lipinski definition) is 0. The molecule has 1 aromatic heterocycles. The molecule has 0 atom stereocenters. The third-order valence-electron chi connectivity index (χ3n) is 2.28. The number of Topliss-reactive ketones (excluding diaryl/α,β-unsaturated/α-hetero) is 1. The molecule has 0 fully saturated rings. The first-order chi connectivity index (χ1) is 9.52. The smallest absolute Gasteiger partial charge is 0.304 e. The van der Waals surface area contributed by atoms with Crippen LogP contribution in [0.3, 0.4) is 0 Å². The van der Waals surface area contributed by atoms with Crippen LogP contribution >= 0.6 is 0 Å². The zero-order valence-electron chi connectivity index (χ0n) is 11.5. The zero-order chi connectivity index (χ0) is 15.0. The molecular formula is C12H15N3O4. The molecule has 0 amide bonds. The molecule has 1 aromatic rings. The molecule has 0 spiro atoms. The van der Waals surface area contributed by atoms with E-state index in [-0.39, 0.29) is 31.5 Å². The highest BCUT2D eigenvalue weighted by molar-refractivity contribution is 5.95. The Balaban J connectivity index is 2.37. The van der Waals surface area contributed by atoms with Gasteiger partial charge in [0.15, 0.2) is 12.5 Å². The molecule has 0 saturated carbocycles. The molecule has 0 radical (unpaired) electrons. The minimum absolute atomic E-state index is 0.162. The fourth-order valence-electron chi connectivity index (χ4n) is 1.34. The molecule has 102 valence electrons. The van der Waals surface area contributed by atoms with Crippen LogP contribution in [0.5, 0.6) is 0 Å². The number of nitrogens with zero attached hydrogens (tertiary/aromatic N) is 3. The molecule has 1 rings (SSSR count). The number of esters is 1. The van der Waals surface area contributed by atoms with Gasteiger partial charge in [0.05, 0.1) is 6.66 Å². The van der Waals surface area contributed by atoms with E-state index in [0.717, 1.165) is 5.01 Å². The topological polar surface area (TPSA) is 88.9 Å². The van der Waals surface area contributed by atoms with Crippen molar-refractivity contribution in [2.75, 3.05) is 13.3 Å². The average molecular weight is 267 g/mol. The summed E-state index contributed by atoms with van der Waals surface area (Å²) in [6.45, 7) is 1.21. The Morgan fingerprint density at radius 2 is 2.37 bits per heavy atom. The van der Waals surface area contributed by atoms with Gasteiger partial charge in [-0.15, -0.1) is 4.91 Å². The van der Waals surface area contributed by atoms with Gasteiger partial charge >= 0.3 is 5.97 Å². The lowest BCUT2D eigenvalue weighted by molar-refractivity contribution is -0.145. The largest absolute Gasteiger partial charge is 0.443 e. The van der Waals surface area contributed by atoms with E-state index < -0.39 is 5.97 Å². The lowest BCUT2D eigenvalue weighted by atomic mass is 10.1. The predicted molar refractivity (Wildman–Crippen MR) is 66.9 cm³/mol. The van der Waals surface area contributed by atoms with Crippen molar-refractivity contribution >= 4 is 11.8 Å². The summed E-state index contributed by atoms with van der Waals surface area (Å²) in [5.74, 6) is -0.669. The number of aromatic nitrogens is 1. The normalized spacial score (nSPS) is 10.5. The predicted octanol–water partition coefficient (Wildman–Crippen LogP) is 1.55. The summed E-state index contributed by atoms with van der Waals surface area (Å²) in [6, 6.07) is 1.60. The van der Waals surface area contributed by atoms with Crippen molar-refractivity contribution < 1.29 is 15.7 Å². The van der Waals surface area contributed by atoms with Crippen LogP contribution in [0.25, 0.3) is 0 Å². The van der Waals surface area contributed by atoms with Crippen LogP contribution in [0.1, 0.15) is 31.5 Å². The summed E-state index contributed by atoms with van der Waals surface area (Å²) in [6.07, 6.45) is 3.31. The number of rotatable bonds is 8. The lowest BCUT2D eigenvalue weighted by Gasteiger charge is -2.13. The summed E-state index contributed by atoms with van der Waals surface area (Å²) in [4.78, 5) is 36.6. The van der Waals surface area contributed by atoms with E-state index in [4.69, 9.17) is 1.37 Å². The monoisotopic (exact) mass is 267 g/mol. The molecular weight excluding hydrogens is 250 g/mol. The van der Waals surface area contributed by atoms with E-state index >= 15 is 0 Å². The van der Waals surface area contributed by atoms with Crippen molar-refractivity contribution in [3.8, 4) is 0 Å². The fourth-order valence-corrected chi connectivity index (χ4v) is 1.34. The lowest BCUT2D eigenvalue weighted by Crippen LogP contribution is -2.23. The number of pyridine rings is 1. The molecule has 7 nitrogen and oxygen atoms in total. The van der Waals surface area contributed by atoms with Crippen molar-refractivity contribution in [3.63, 3.8) is 0 Å². The molecule has 0 aliphatic rings. The van der Waals surface area contributed by atoms with Gasteiger partial charge in [-0.05, 0) is 18.5 Å². The maximum absolute atomic E-state index is 11.8. The summed E-state index contributed by atoms with van der Waals surface area (Å²) < 4.78 is 12.0. The van der Waals surface area contributed by atoms with Crippen molar-refractivity contribution in [2.45, 2.75) is 19.8 Å². The summed E-state index contributed by atoms with van der Waals surface area (Å²) >= 11 is 0. The third kappa shape index (κ3) is 5.71. The second-order valence-electron chi connectivity index (χ2n) is 3.78. The number of ether oxygens (including phenoxy) is 1. The molecule has 0 aromatic carbocycles. The van der Waals surface area contributed by atoms with Crippen molar-refractivity contribution in [1.29, 1.82) is 0 Å². The zero-order valence-corrected chi connectivity index (χ0v) is 10.5. The van der Waals surface area contributed by atoms with E-state index in [1.807, 2.05) is 0 Å². The Labute approximate surface area is 111 Å². The first-order valence-corrected chi connectivity index (χ1v) is 5.69. The quantitative estimate of drug-likeness (QED) is 0.233. The highest BCUT2D eigenvalue weighted by Crippen LogP contribution is 2.05. The minimum Gasteiger partial charge on any atom is -0.443 e. The van der Waals surface area contributed by atoms with Crippen molar-refractivity contribution in [3.05, 3.63) is 35.0 Å². The van der Waals surface area contributed by atoms with Crippen LogP contribution in [0.2, 0.25) is 0 Å². The molecule has 0 aliphatic carbocycles. The summed E-state index contributed by atoms with van der Waals surface area (Å²) in [5.41, 5.74) is 0.364. The first kappa shape index (κ1) is 13.1. The van der Waals surface area contributed by atoms with Crippen LogP contribution in [0.15, 0.2) is 29.8 Å². The molecule has 0 N–H and O–H groups in total. The maximum atomic E-state index is 11.8. The first-order valence-electron chi connectivity index (χ1n) is 6.19. The van der Waals surface area contributed by atoms with Gasteiger partial charge in [-0.1, -0.05) is 0 Å². The second-order valence-corrected chi connectivity index (χ2v) is 3.78. The van der Waals surface area contributed by atoms with E-state index in [2.05, 4.69) is 15.0 Å². The third-order valence-corrected chi connectivity index (χ3v) is 2.28. The number of carbonyl (C=O) groups excluding carboxylic acids is 2. The minimum atomic E-state index is -0.506. The fraction of sp³-hybridized carbons (Fsp3) is 0.417. The molecule has 7 heteroatoms. The second kappa shape index (κ2) is 7.91. The van der Waals surface area contributed by atoms with Gasteiger partial charge in [0.2, 0.25) is 0 Å². The van der Waals surface area contributed by atoms with Crippen LogP contribution in [-0.2, 0) is 9.53 Å². The number of nitroso groups, excluding NO2 is 1. The SMILES string of the molecule is [3H]c1cncc(C(=O)CCCN(COC(C)=O)N=O)c1. The van der Waals surface area contributed by atoms with Gasteiger partial charge < -0.3 is 4.74 Å². The average Bonchev–Trinajstić information content (AvgIpc) is 2.42. The van der Waals surface area contributed by atoms with Gasteiger partial charge in [0, 0.05) is 37.8 Å². The number of ketones is 1.